The topological polar surface area (TPSA) is 72.6 Å². The number of Topliss-reactive ketones (excluding diaryl/α,β-unsaturated/α-hetero) is 1. The van der Waals surface area contributed by atoms with Gasteiger partial charge in [-0.05, 0) is 12.8 Å². The normalized spacial score (nSPS) is 29.2. The molecule has 2 aliphatic rings. The molecule has 0 spiro atoms. The SMILES string of the molecule is NC(=O)C1COCCN1C1CCC(=O)CC1. The van der Waals surface area contributed by atoms with Crippen LogP contribution in [0.25, 0.3) is 0 Å². The van der Waals surface area contributed by atoms with E-state index in [1.807, 2.05) is 0 Å². The van der Waals surface area contributed by atoms with Gasteiger partial charge in [0.1, 0.15) is 11.8 Å². The van der Waals surface area contributed by atoms with Crippen molar-refractivity contribution < 1.29 is 14.3 Å². The Hall–Kier alpha value is -0.940. The van der Waals surface area contributed by atoms with Crippen LogP contribution in [0.15, 0.2) is 0 Å². The summed E-state index contributed by atoms with van der Waals surface area (Å²) in [5, 5.41) is 0. The van der Waals surface area contributed by atoms with E-state index in [0.29, 0.717) is 37.9 Å². The fourth-order valence-electron chi connectivity index (χ4n) is 2.56. The maximum absolute atomic E-state index is 11.3. The molecule has 0 aromatic heterocycles. The van der Waals surface area contributed by atoms with E-state index in [4.69, 9.17) is 10.5 Å². The molecule has 1 aliphatic heterocycles. The summed E-state index contributed by atoms with van der Waals surface area (Å²) < 4.78 is 5.28. The van der Waals surface area contributed by atoms with Gasteiger partial charge in [-0.25, -0.2) is 0 Å². The number of hydrogen-bond donors (Lipinski definition) is 1. The second-order valence-corrected chi connectivity index (χ2v) is 4.50. The molecule has 5 nitrogen and oxygen atoms in total. The van der Waals surface area contributed by atoms with Crippen molar-refractivity contribution in [3.05, 3.63) is 0 Å². The summed E-state index contributed by atoms with van der Waals surface area (Å²) in [6.45, 7) is 1.78. The van der Waals surface area contributed by atoms with E-state index in [1.54, 1.807) is 0 Å². The summed E-state index contributed by atoms with van der Waals surface area (Å²) in [5.41, 5.74) is 5.36. The fourth-order valence-corrected chi connectivity index (χ4v) is 2.56. The van der Waals surface area contributed by atoms with E-state index in [9.17, 15) is 9.59 Å². The summed E-state index contributed by atoms with van der Waals surface area (Å²) >= 11 is 0. The average Bonchev–Trinajstić information content (AvgIpc) is 2.30. The van der Waals surface area contributed by atoms with Gasteiger partial charge in [-0.1, -0.05) is 0 Å². The Morgan fingerprint density at radius 1 is 1.38 bits per heavy atom. The van der Waals surface area contributed by atoms with Crippen molar-refractivity contribution in [3.63, 3.8) is 0 Å². The standard InChI is InChI=1S/C11H18N2O3/c12-11(15)10-7-16-6-5-13(10)8-1-3-9(14)4-2-8/h8,10H,1-7H2,(H2,12,15). The molecule has 2 rings (SSSR count). The van der Waals surface area contributed by atoms with Crippen LogP contribution in [0.4, 0.5) is 0 Å². The highest BCUT2D eigenvalue weighted by molar-refractivity contribution is 5.81. The maximum Gasteiger partial charge on any atom is 0.237 e. The van der Waals surface area contributed by atoms with Crippen LogP contribution in [0.5, 0.6) is 0 Å². The van der Waals surface area contributed by atoms with Gasteiger partial charge in [-0.15, -0.1) is 0 Å². The molecule has 2 N–H and O–H groups in total. The minimum atomic E-state index is -0.323. The summed E-state index contributed by atoms with van der Waals surface area (Å²) in [5.74, 6) is 0.0109. The lowest BCUT2D eigenvalue weighted by Crippen LogP contribution is -2.56. The molecule has 0 aromatic carbocycles. The zero-order chi connectivity index (χ0) is 11.5. The van der Waals surface area contributed by atoms with E-state index in [-0.39, 0.29) is 11.9 Å². The number of ether oxygens (including phenoxy) is 1. The number of nitrogens with zero attached hydrogens (tertiary/aromatic N) is 1. The summed E-state index contributed by atoms with van der Waals surface area (Å²) in [4.78, 5) is 24.6. The van der Waals surface area contributed by atoms with Gasteiger partial charge < -0.3 is 10.5 Å². The van der Waals surface area contributed by atoms with Gasteiger partial charge in [0.2, 0.25) is 5.91 Å². The first-order valence-corrected chi connectivity index (χ1v) is 5.83. The van der Waals surface area contributed by atoms with Gasteiger partial charge in [0.05, 0.1) is 13.2 Å². The molecule has 1 heterocycles. The van der Waals surface area contributed by atoms with Crippen LogP contribution in [0.3, 0.4) is 0 Å². The molecule has 0 radical (unpaired) electrons. The molecule has 2 fully saturated rings. The third-order valence-electron chi connectivity index (χ3n) is 3.48. The molecule has 16 heavy (non-hydrogen) atoms. The van der Waals surface area contributed by atoms with Gasteiger partial charge >= 0.3 is 0 Å². The molecule has 1 saturated carbocycles. The molecule has 1 unspecified atom stereocenters. The molecule has 1 aliphatic carbocycles. The largest absolute Gasteiger partial charge is 0.378 e. The van der Waals surface area contributed by atoms with E-state index in [2.05, 4.69) is 4.90 Å². The molecular formula is C11H18N2O3. The lowest BCUT2D eigenvalue weighted by Gasteiger charge is -2.40. The maximum atomic E-state index is 11.3. The number of hydrogen-bond acceptors (Lipinski definition) is 4. The molecular weight excluding hydrogens is 208 g/mol. The monoisotopic (exact) mass is 226 g/mol. The second kappa shape index (κ2) is 4.93. The van der Waals surface area contributed by atoms with Crippen molar-refractivity contribution in [2.24, 2.45) is 5.73 Å². The Morgan fingerprint density at radius 2 is 2.06 bits per heavy atom. The molecule has 90 valence electrons. The van der Waals surface area contributed by atoms with Crippen LogP contribution in [0, 0.1) is 0 Å². The Kier molecular flexibility index (Phi) is 3.56. The van der Waals surface area contributed by atoms with E-state index < -0.39 is 0 Å². The third kappa shape index (κ3) is 2.41. The average molecular weight is 226 g/mol. The zero-order valence-electron chi connectivity index (χ0n) is 9.35. The lowest BCUT2D eigenvalue weighted by molar-refractivity contribution is -0.133. The number of nitrogens with two attached hydrogens (primary N) is 1. The predicted molar refractivity (Wildman–Crippen MR) is 57.8 cm³/mol. The van der Waals surface area contributed by atoms with E-state index >= 15 is 0 Å². The summed E-state index contributed by atoms with van der Waals surface area (Å²) in [6.07, 6.45) is 2.96. The number of primary amides is 1. The van der Waals surface area contributed by atoms with Crippen molar-refractivity contribution in [3.8, 4) is 0 Å². The highest BCUT2D eigenvalue weighted by atomic mass is 16.5. The van der Waals surface area contributed by atoms with Gasteiger partial charge in [0, 0.05) is 25.4 Å². The Bertz CT molecular complexity index is 283. The number of amides is 1. The van der Waals surface area contributed by atoms with Crippen molar-refractivity contribution in [2.75, 3.05) is 19.8 Å². The van der Waals surface area contributed by atoms with Gasteiger partial charge in [0.25, 0.3) is 0 Å². The second-order valence-electron chi connectivity index (χ2n) is 4.50. The van der Waals surface area contributed by atoms with Crippen LogP contribution in [0.2, 0.25) is 0 Å². The Labute approximate surface area is 94.9 Å². The molecule has 1 saturated heterocycles. The van der Waals surface area contributed by atoms with Crippen molar-refractivity contribution >= 4 is 11.7 Å². The minimum Gasteiger partial charge on any atom is -0.378 e. The van der Waals surface area contributed by atoms with Gasteiger partial charge in [-0.3, -0.25) is 14.5 Å². The molecule has 5 heteroatoms. The van der Waals surface area contributed by atoms with Crippen LogP contribution in [-0.4, -0.2) is 48.4 Å². The Morgan fingerprint density at radius 3 is 2.69 bits per heavy atom. The van der Waals surface area contributed by atoms with Crippen LogP contribution < -0.4 is 5.73 Å². The van der Waals surface area contributed by atoms with E-state index in [1.165, 1.54) is 0 Å². The predicted octanol–water partition coefficient (Wildman–Crippen LogP) is -0.316. The highest BCUT2D eigenvalue weighted by Gasteiger charge is 2.34. The zero-order valence-corrected chi connectivity index (χ0v) is 9.35. The fraction of sp³-hybridized carbons (Fsp3) is 0.818. The van der Waals surface area contributed by atoms with Crippen molar-refractivity contribution in [2.45, 2.75) is 37.8 Å². The summed E-state index contributed by atoms with van der Waals surface area (Å²) in [7, 11) is 0. The molecule has 0 bridgehead atoms. The lowest BCUT2D eigenvalue weighted by atomic mass is 9.92. The Balaban J connectivity index is 2.00. The van der Waals surface area contributed by atoms with Crippen LogP contribution in [-0.2, 0) is 14.3 Å². The molecule has 0 aromatic rings. The van der Waals surface area contributed by atoms with Crippen LogP contribution in [0.1, 0.15) is 25.7 Å². The number of carbonyl (C=O) groups is 2. The summed E-state index contributed by atoms with van der Waals surface area (Å²) in [6, 6.07) is 0.00560. The van der Waals surface area contributed by atoms with Crippen LogP contribution >= 0.6 is 0 Å². The number of ketones is 1. The van der Waals surface area contributed by atoms with Gasteiger partial charge in [0.15, 0.2) is 0 Å². The first-order chi connectivity index (χ1) is 7.68. The number of rotatable bonds is 2. The van der Waals surface area contributed by atoms with Crippen molar-refractivity contribution in [1.82, 2.24) is 4.90 Å². The highest BCUT2D eigenvalue weighted by Crippen LogP contribution is 2.23. The molecule has 1 atom stereocenters. The first-order valence-electron chi connectivity index (χ1n) is 5.83. The van der Waals surface area contributed by atoms with Gasteiger partial charge in [-0.2, -0.15) is 0 Å². The van der Waals surface area contributed by atoms with E-state index in [0.717, 1.165) is 19.4 Å². The number of morpholine rings is 1. The number of carbonyl (C=O) groups excluding carboxylic acids is 2. The molecule has 1 amide bonds. The quantitative estimate of drug-likeness (QED) is 0.700. The first kappa shape index (κ1) is 11.5. The van der Waals surface area contributed by atoms with Crippen molar-refractivity contribution in [1.29, 1.82) is 0 Å². The smallest absolute Gasteiger partial charge is 0.237 e. The minimum absolute atomic E-state index is 0.313. The third-order valence-corrected chi connectivity index (χ3v) is 3.48.